The fourth-order valence-corrected chi connectivity index (χ4v) is 4.56. The van der Waals surface area contributed by atoms with Crippen molar-refractivity contribution in [1.29, 1.82) is 0 Å². The predicted octanol–water partition coefficient (Wildman–Crippen LogP) is 3.45. The lowest BCUT2D eigenvalue weighted by molar-refractivity contribution is 0.0703. The molecule has 0 radical (unpaired) electrons. The Morgan fingerprint density at radius 1 is 1.33 bits per heavy atom. The molecule has 1 saturated carbocycles. The molecule has 1 aliphatic heterocycles. The van der Waals surface area contributed by atoms with E-state index in [0.29, 0.717) is 5.69 Å². The first-order chi connectivity index (χ1) is 9.69. The van der Waals surface area contributed by atoms with Gasteiger partial charge in [0.05, 0.1) is 5.56 Å². The van der Waals surface area contributed by atoms with E-state index in [4.69, 9.17) is 5.73 Å². The molecule has 1 aliphatic carbocycles. The van der Waals surface area contributed by atoms with E-state index in [-0.39, 0.29) is 28.3 Å². The van der Waals surface area contributed by atoms with Crippen LogP contribution in [0.4, 0.5) is 10.1 Å². The Morgan fingerprint density at radius 3 is 2.71 bits per heavy atom. The minimum atomic E-state index is -0.522. The lowest BCUT2D eigenvalue weighted by Crippen LogP contribution is -2.38. The lowest BCUT2D eigenvalue weighted by Gasteiger charge is -2.39. The highest BCUT2D eigenvalue weighted by molar-refractivity contribution is 5.95. The van der Waals surface area contributed by atoms with E-state index < -0.39 is 5.82 Å². The molecule has 2 bridgehead atoms. The number of hydrogen-bond donors (Lipinski definition) is 1. The van der Waals surface area contributed by atoms with E-state index >= 15 is 0 Å². The number of anilines is 1. The second-order valence-corrected chi connectivity index (χ2v) is 7.89. The van der Waals surface area contributed by atoms with Crippen LogP contribution in [0.2, 0.25) is 0 Å². The molecule has 2 unspecified atom stereocenters. The average Bonchev–Trinajstić information content (AvgIpc) is 2.57. The van der Waals surface area contributed by atoms with E-state index in [0.717, 1.165) is 25.8 Å². The Balaban J connectivity index is 1.90. The molecule has 2 atom stereocenters. The summed E-state index contributed by atoms with van der Waals surface area (Å²) in [5.41, 5.74) is 6.44. The summed E-state index contributed by atoms with van der Waals surface area (Å²) in [7, 11) is 0. The van der Waals surface area contributed by atoms with Gasteiger partial charge in [0.15, 0.2) is 0 Å². The first-order valence-electron chi connectivity index (χ1n) is 7.55. The second kappa shape index (κ2) is 4.46. The summed E-state index contributed by atoms with van der Waals surface area (Å²) in [6.45, 7) is 7.49. The molecule has 2 N–H and O–H groups in total. The van der Waals surface area contributed by atoms with E-state index in [1.165, 1.54) is 12.1 Å². The van der Waals surface area contributed by atoms with Crippen LogP contribution in [-0.4, -0.2) is 23.4 Å². The Hall–Kier alpha value is -1.58. The lowest BCUT2D eigenvalue weighted by atomic mass is 9.65. The van der Waals surface area contributed by atoms with Gasteiger partial charge in [-0.25, -0.2) is 4.39 Å². The molecule has 1 saturated heterocycles. The SMILES string of the molecule is CC1(C)CC2CC(C)(CN2C(=O)c2ccc(N)cc2F)C1. The summed E-state index contributed by atoms with van der Waals surface area (Å²) >= 11 is 0. The summed E-state index contributed by atoms with van der Waals surface area (Å²) in [6.07, 6.45) is 3.13. The zero-order valence-corrected chi connectivity index (χ0v) is 12.9. The minimum absolute atomic E-state index is 0.137. The van der Waals surface area contributed by atoms with E-state index in [1.54, 1.807) is 6.07 Å². The number of nitrogens with two attached hydrogens (primary N) is 1. The summed E-state index contributed by atoms with van der Waals surface area (Å²) in [5, 5.41) is 0. The monoisotopic (exact) mass is 290 g/mol. The number of nitrogen functional groups attached to an aromatic ring is 1. The van der Waals surface area contributed by atoms with Gasteiger partial charge >= 0.3 is 0 Å². The molecule has 3 nitrogen and oxygen atoms in total. The van der Waals surface area contributed by atoms with Gasteiger partial charge in [0.1, 0.15) is 5.82 Å². The van der Waals surface area contributed by atoms with Gasteiger partial charge in [0.2, 0.25) is 0 Å². The first kappa shape index (κ1) is 14.4. The van der Waals surface area contributed by atoms with Crippen LogP contribution in [-0.2, 0) is 0 Å². The van der Waals surface area contributed by atoms with Crippen molar-refractivity contribution in [1.82, 2.24) is 4.90 Å². The Bertz CT molecular complexity index is 598. The highest BCUT2D eigenvalue weighted by Gasteiger charge is 2.51. The van der Waals surface area contributed by atoms with Gasteiger partial charge in [-0.1, -0.05) is 20.8 Å². The molecule has 21 heavy (non-hydrogen) atoms. The molecule has 1 amide bonds. The molecular weight excluding hydrogens is 267 g/mol. The highest BCUT2D eigenvalue weighted by Crippen LogP contribution is 2.52. The number of fused-ring (bicyclic) bond motifs is 2. The van der Waals surface area contributed by atoms with Gasteiger partial charge in [-0.15, -0.1) is 0 Å². The maximum Gasteiger partial charge on any atom is 0.257 e. The number of rotatable bonds is 1. The third-order valence-corrected chi connectivity index (χ3v) is 4.90. The van der Waals surface area contributed by atoms with Crippen LogP contribution < -0.4 is 5.73 Å². The average molecular weight is 290 g/mol. The summed E-state index contributed by atoms with van der Waals surface area (Å²) in [4.78, 5) is 14.6. The third kappa shape index (κ3) is 2.52. The number of benzene rings is 1. The van der Waals surface area contributed by atoms with Gasteiger partial charge in [-0.05, 0) is 48.3 Å². The van der Waals surface area contributed by atoms with Crippen molar-refractivity contribution in [2.24, 2.45) is 10.8 Å². The molecule has 2 aliphatic rings. The number of likely N-dealkylation sites (tertiary alicyclic amines) is 1. The third-order valence-electron chi connectivity index (χ3n) is 4.90. The van der Waals surface area contributed by atoms with Gasteiger partial charge in [-0.3, -0.25) is 4.79 Å². The number of carbonyl (C=O) groups is 1. The van der Waals surface area contributed by atoms with Crippen LogP contribution in [0.25, 0.3) is 0 Å². The molecule has 114 valence electrons. The number of hydrogen-bond acceptors (Lipinski definition) is 2. The smallest absolute Gasteiger partial charge is 0.257 e. The van der Waals surface area contributed by atoms with Crippen molar-refractivity contribution < 1.29 is 9.18 Å². The highest BCUT2D eigenvalue weighted by atomic mass is 19.1. The summed E-state index contributed by atoms with van der Waals surface area (Å²) < 4.78 is 14.0. The van der Waals surface area contributed by atoms with Gasteiger partial charge in [0, 0.05) is 18.3 Å². The van der Waals surface area contributed by atoms with Crippen LogP contribution in [0, 0.1) is 16.6 Å². The first-order valence-corrected chi connectivity index (χ1v) is 7.55. The second-order valence-electron chi connectivity index (χ2n) is 7.89. The number of carbonyl (C=O) groups excluding carboxylic acids is 1. The van der Waals surface area contributed by atoms with Crippen molar-refractivity contribution in [3.05, 3.63) is 29.6 Å². The maximum absolute atomic E-state index is 14.0. The Kier molecular flexibility index (Phi) is 3.05. The summed E-state index contributed by atoms with van der Waals surface area (Å²) in [5.74, 6) is -0.718. The summed E-state index contributed by atoms with van der Waals surface area (Å²) in [6, 6.07) is 4.54. The number of halogens is 1. The van der Waals surface area contributed by atoms with Crippen LogP contribution in [0.5, 0.6) is 0 Å². The molecule has 3 rings (SSSR count). The largest absolute Gasteiger partial charge is 0.399 e. The normalized spacial score (nSPS) is 30.5. The molecule has 0 aromatic heterocycles. The molecular formula is C17H23FN2O. The Labute approximate surface area is 125 Å². The molecule has 1 aromatic carbocycles. The van der Waals surface area contributed by atoms with Crippen LogP contribution >= 0.6 is 0 Å². The van der Waals surface area contributed by atoms with Crippen molar-refractivity contribution in [2.45, 2.75) is 46.1 Å². The molecule has 1 heterocycles. The van der Waals surface area contributed by atoms with Crippen LogP contribution in [0.3, 0.4) is 0 Å². The van der Waals surface area contributed by atoms with Gasteiger partial charge < -0.3 is 10.6 Å². The molecule has 1 aromatic rings. The van der Waals surface area contributed by atoms with E-state index in [9.17, 15) is 9.18 Å². The molecule has 2 fully saturated rings. The van der Waals surface area contributed by atoms with Crippen LogP contribution in [0.15, 0.2) is 18.2 Å². The predicted molar refractivity (Wildman–Crippen MR) is 81.4 cm³/mol. The van der Waals surface area contributed by atoms with Crippen molar-refractivity contribution >= 4 is 11.6 Å². The van der Waals surface area contributed by atoms with Crippen molar-refractivity contribution in [3.8, 4) is 0 Å². The fourth-order valence-electron chi connectivity index (χ4n) is 4.56. The molecule has 0 spiro atoms. The minimum Gasteiger partial charge on any atom is -0.399 e. The number of amides is 1. The fraction of sp³-hybridized carbons (Fsp3) is 0.588. The van der Waals surface area contributed by atoms with Gasteiger partial charge in [0.25, 0.3) is 5.91 Å². The van der Waals surface area contributed by atoms with Crippen LogP contribution in [0.1, 0.15) is 50.4 Å². The topological polar surface area (TPSA) is 46.3 Å². The zero-order valence-electron chi connectivity index (χ0n) is 12.9. The van der Waals surface area contributed by atoms with Gasteiger partial charge in [-0.2, -0.15) is 0 Å². The number of nitrogens with zero attached hydrogens (tertiary/aromatic N) is 1. The van der Waals surface area contributed by atoms with Crippen molar-refractivity contribution in [3.63, 3.8) is 0 Å². The van der Waals surface area contributed by atoms with E-state index in [2.05, 4.69) is 20.8 Å². The standard InChI is InChI=1S/C17H23FN2O/c1-16(2)7-12-8-17(3,9-16)10-20(12)15(21)13-5-4-11(19)6-14(13)18/h4-6,12H,7-10,19H2,1-3H3. The zero-order chi connectivity index (χ0) is 15.4. The van der Waals surface area contributed by atoms with Crippen molar-refractivity contribution in [2.75, 3.05) is 12.3 Å². The Morgan fingerprint density at radius 2 is 2.05 bits per heavy atom. The molecule has 4 heteroatoms. The quantitative estimate of drug-likeness (QED) is 0.805. The van der Waals surface area contributed by atoms with E-state index in [1.807, 2.05) is 4.90 Å². The maximum atomic E-state index is 14.0.